The molecule has 0 aromatic carbocycles. The first-order valence-electron chi connectivity index (χ1n) is 6.67. The maximum Gasteiger partial charge on any atom is 0.217 e. The number of hydrogen-bond acceptors (Lipinski definition) is 3. The molecule has 0 radical (unpaired) electrons. The third-order valence-electron chi connectivity index (χ3n) is 4.31. The van der Waals surface area contributed by atoms with Crippen LogP contribution in [0.1, 0.15) is 39.5 Å². The van der Waals surface area contributed by atoms with Gasteiger partial charge in [-0.3, -0.25) is 4.79 Å². The molecular weight excluding hydrogens is 216 g/mol. The molecule has 0 aromatic heterocycles. The molecule has 4 nitrogen and oxygen atoms in total. The summed E-state index contributed by atoms with van der Waals surface area (Å²) in [4.78, 5) is 10.6. The largest absolute Gasteiger partial charge is 0.377 e. The molecule has 3 atom stereocenters. The van der Waals surface area contributed by atoms with Gasteiger partial charge in [0, 0.05) is 30.4 Å². The lowest BCUT2D eigenvalue weighted by molar-refractivity contribution is -0.118. The van der Waals surface area contributed by atoms with Gasteiger partial charge in [-0.2, -0.15) is 0 Å². The fourth-order valence-electron chi connectivity index (χ4n) is 3.42. The number of carbonyl (C=O) groups is 1. The molecule has 1 amide bonds. The van der Waals surface area contributed by atoms with E-state index >= 15 is 0 Å². The number of hydrogen-bond donors (Lipinski definition) is 2. The smallest absolute Gasteiger partial charge is 0.217 e. The molecule has 2 fully saturated rings. The van der Waals surface area contributed by atoms with Crippen molar-refractivity contribution in [1.29, 1.82) is 0 Å². The Morgan fingerprint density at radius 3 is 2.94 bits per heavy atom. The van der Waals surface area contributed by atoms with Gasteiger partial charge in [-0.1, -0.05) is 13.8 Å². The van der Waals surface area contributed by atoms with Crippen molar-refractivity contribution in [2.75, 3.05) is 13.2 Å². The standard InChI is InChI=1S/C13H24N2O2/c1-13(2)11(9-6-8-17-12(9)13)15-7-4-3-5-10(14)16/h9,11-12,15H,3-8H2,1-2H3,(H2,14,16). The minimum atomic E-state index is -0.196. The third kappa shape index (κ3) is 2.47. The minimum absolute atomic E-state index is 0.196. The molecule has 3 unspecified atom stereocenters. The quantitative estimate of drug-likeness (QED) is 0.682. The molecule has 3 N–H and O–H groups in total. The molecule has 4 heteroatoms. The van der Waals surface area contributed by atoms with E-state index in [2.05, 4.69) is 19.2 Å². The van der Waals surface area contributed by atoms with Crippen LogP contribution in [0.5, 0.6) is 0 Å². The molecule has 1 saturated heterocycles. The summed E-state index contributed by atoms with van der Waals surface area (Å²) in [6, 6.07) is 0.573. The van der Waals surface area contributed by atoms with Crippen molar-refractivity contribution in [3.8, 4) is 0 Å². The number of rotatable bonds is 6. The molecule has 2 aliphatic rings. The Labute approximate surface area is 103 Å². The second kappa shape index (κ2) is 4.94. The Hall–Kier alpha value is -0.610. The lowest BCUT2D eigenvalue weighted by atomic mass is 9.57. The Bertz CT molecular complexity index is 291. The number of fused-ring (bicyclic) bond motifs is 1. The number of nitrogens with two attached hydrogens (primary N) is 1. The third-order valence-corrected chi connectivity index (χ3v) is 4.31. The van der Waals surface area contributed by atoms with Crippen molar-refractivity contribution in [3.63, 3.8) is 0 Å². The van der Waals surface area contributed by atoms with Crippen molar-refractivity contribution in [2.45, 2.75) is 51.7 Å². The molecule has 1 aliphatic heterocycles. The first kappa shape index (κ1) is 12.8. The summed E-state index contributed by atoms with van der Waals surface area (Å²) in [5.41, 5.74) is 5.36. The number of ether oxygens (including phenoxy) is 1. The highest BCUT2D eigenvalue weighted by Gasteiger charge is 2.58. The monoisotopic (exact) mass is 240 g/mol. The fraction of sp³-hybridized carbons (Fsp3) is 0.923. The van der Waals surface area contributed by atoms with Gasteiger partial charge in [0.1, 0.15) is 0 Å². The van der Waals surface area contributed by atoms with Crippen molar-refractivity contribution < 1.29 is 9.53 Å². The zero-order valence-electron chi connectivity index (χ0n) is 10.9. The summed E-state index contributed by atoms with van der Waals surface area (Å²) >= 11 is 0. The maximum atomic E-state index is 10.6. The van der Waals surface area contributed by atoms with Gasteiger partial charge in [-0.05, 0) is 25.8 Å². The van der Waals surface area contributed by atoms with Gasteiger partial charge in [0.15, 0.2) is 0 Å². The van der Waals surface area contributed by atoms with Crippen LogP contribution in [0, 0.1) is 11.3 Å². The first-order chi connectivity index (χ1) is 8.03. The van der Waals surface area contributed by atoms with E-state index in [-0.39, 0.29) is 11.3 Å². The van der Waals surface area contributed by atoms with Crippen molar-refractivity contribution in [3.05, 3.63) is 0 Å². The van der Waals surface area contributed by atoms with Crippen LogP contribution in [0.3, 0.4) is 0 Å². The molecule has 1 saturated carbocycles. The average molecular weight is 240 g/mol. The Morgan fingerprint density at radius 2 is 2.24 bits per heavy atom. The van der Waals surface area contributed by atoms with Gasteiger partial charge < -0.3 is 15.8 Å². The maximum absolute atomic E-state index is 10.6. The highest BCUT2D eigenvalue weighted by molar-refractivity contribution is 5.73. The summed E-state index contributed by atoms with van der Waals surface area (Å²) in [5.74, 6) is 0.499. The van der Waals surface area contributed by atoms with Crippen LogP contribution in [0.4, 0.5) is 0 Å². The lowest BCUT2D eigenvalue weighted by Crippen LogP contribution is -2.65. The highest BCUT2D eigenvalue weighted by atomic mass is 16.5. The van der Waals surface area contributed by atoms with E-state index in [9.17, 15) is 4.79 Å². The van der Waals surface area contributed by atoms with Crippen molar-refractivity contribution in [1.82, 2.24) is 5.32 Å². The predicted molar refractivity (Wildman–Crippen MR) is 66.5 cm³/mol. The van der Waals surface area contributed by atoms with Crippen LogP contribution in [-0.2, 0) is 9.53 Å². The zero-order valence-corrected chi connectivity index (χ0v) is 10.9. The van der Waals surface area contributed by atoms with E-state index in [0.717, 1.165) is 26.0 Å². The number of amides is 1. The zero-order chi connectivity index (χ0) is 12.5. The first-order valence-corrected chi connectivity index (χ1v) is 6.67. The minimum Gasteiger partial charge on any atom is -0.377 e. The molecule has 0 spiro atoms. The summed E-state index contributed by atoms with van der Waals surface area (Å²) < 4.78 is 5.76. The molecule has 98 valence electrons. The Kier molecular flexibility index (Phi) is 3.73. The number of nitrogens with one attached hydrogen (secondary N) is 1. The van der Waals surface area contributed by atoms with E-state index in [1.54, 1.807) is 0 Å². The number of primary amides is 1. The van der Waals surface area contributed by atoms with E-state index in [1.807, 2.05) is 0 Å². The molecule has 0 aromatic rings. The average Bonchev–Trinajstić information content (AvgIpc) is 2.69. The Balaban J connectivity index is 1.67. The van der Waals surface area contributed by atoms with Crippen LogP contribution in [0.2, 0.25) is 0 Å². The van der Waals surface area contributed by atoms with Crippen LogP contribution in [0.15, 0.2) is 0 Å². The van der Waals surface area contributed by atoms with E-state index in [1.165, 1.54) is 6.42 Å². The fourth-order valence-corrected chi connectivity index (χ4v) is 3.42. The van der Waals surface area contributed by atoms with Crippen LogP contribution < -0.4 is 11.1 Å². The Morgan fingerprint density at radius 1 is 1.47 bits per heavy atom. The van der Waals surface area contributed by atoms with E-state index < -0.39 is 0 Å². The molecule has 2 rings (SSSR count). The molecular formula is C13H24N2O2. The molecule has 1 heterocycles. The van der Waals surface area contributed by atoms with Gasteiger partial charge in [0.05, 0.1) is 6.10 Å². The predicted octanol–water partition coefficient (Wildman–Crippen LogP) is 1.05. The SMILES string of the molecule is CC1(C)C(NCCCCC(N)=O)C2CCOC21. The summed E-state index contributed by atoms with van der Waals surface area (Å²) in [6.07, 6.45) is 4.05. The van der Waals surface area contributed by atoms with Crippen LogP contribution >= 0.6 is 0 Å². The van der Waals surface area contributed by atoms with Gasteiger partial charge in [-0.25, -0.2) is 0 Å². The van der Waals surface area contributed by atoms with Gasteiger partial charge >= 0.3 is 0 Å². The summed E-state index contributed by atoms with van der Waals surface area (Å²) in [5, 5.41) is 3.62. The van der Waals surface area contributed by atoms with E-state index in [0.29, 0.717) is 24.5 Å². The molecule has 17 heavy (non-hydrogen) atoms. The van der Waals surface area contributed by atoms with Crippen molar-refractivity contribution in [2.24, 2.45) is 17.1 Å². The summed E-state index contributed by atoms with van der Waals surface area (Å²) in [7, 11) is 0. The molecule has 1 aliphatic carbocycles. The second-order valence-corrected chi connectivity index (χ2v) is 5.92. The van der Waals surface area contributed by atoms with Gasteiger partial charge in [-0.15, -0.1) is 0 Å². The van der Waals surface area contributed by atoms with Gasteiger partial charge in [0.2, 0.25) is 5.91 Å². The second-order valence-electron chi connectivity index (χ2n) is 5.92. The number of unbranched alkanes of at least 4 members (excludes halogenated alkanes) is 1. The van der Waals surface area contributed by atoms with Gasteiger partial charge in [0.25, 0.3) is 0 Å². The topological polar surface area (TPSA) is 64.3 Å². The lowest BCUT2D eigenvalue weighted by Gasteiger charge is -2.55. The molecule has 0 bridgehead atoms. The van der Waals surface area contributed by atoms with E-state index in [4.69, 9.17) is 10.5 Å². The summed E-state index contributed by atoms with van der Waals surface area (Å²) in [6.45, 7) is 6.45. The van der Waals surface area contributed by atoms with Crippen LogP contribution in [0.25, 0.3) is 0 Å². The van der Waals surface area contributed by atoms with Crippen molar-refractivity contribution >= 4 is 5.91 Å². The normalized spacial score (nSPS) is 34.1. The highest BCUT2D eigenvalue weighted by Crippen LogP contribution is 2.51. The van der Waals surface area contributed by atoms with Crippen LogP contribution in [-0.4, -0.2) is 31.2 Å². The number of carbonyl (C=O) groups excluding carboxylic acids is 1.